The molecule has 1 aromatic carbocycles. The summed E-state index contributed by atoms with van der Waals surface area (Å²) in [6.45, 7) is 0. The monoisotopic (exact) mass is 212 g/mol. The van der Waals surface area contributed by atoms with Crippen molar-refractivity contribution < 1.29 is 9.21 Å². The Balaban J connectivity index is 2.12. The van der Waals surface area contributed by atoms with E-state index in [4.69, 9.17) is 4.42 Å². The summed E-state index contributed by atoms with van der Waals surface area (Å²) in [5.74, 6) is 0.913. The predicted octanol–water partition coefficient (Wildman–Crippen LogP) is 3.57. The van der Waals surface area contributed by atoms with Gasteiger partial charge in [0, 0.05) is 11.8 Å². The molecule has 2 heteroatoms. The van der Waals surface area contributed by atoms with Gasteiger partial charge in [0.1, 0.15) is 11.3 Å². The van der Waals surface area contributed by atoms with E-state index in [1.54, 1.807) is 0 Å². The van der Waals surface area contributed by atoms with E-state index in [9.17, 15) is 4.79 Å². The zero-order valence-corrected chi connectivity index (χ0v) is 8.90. The number of furan rings is 1. The van der Waals surface area contributed by atoms with Crippen LogP contribution < -0.4 is 0 Å². The molecule has 0 N–H and O–H groups in total. The first-order valence-electron chi connectivity index (χ1n) is 5.57. The smallest absolute Gasteiger partial charge is 0.166 e. The van der Waals surface area contributed by atoms with Gasteiger partial charge in [0.25, 0.3) is 0 Å². The molecule has 0 fully saturated rings. The van der Waals surface area contributed by atoms with E-state index >= 15 is 0 Å². The number of benzene rings is 1. The minimum atomic E-state index is 0.199. The van der Waals surface area contributed by atoms with E-state index in [0.29, 0.717) is 12.2 Å². The molecule has 0 saturated carbocycles. The molecule has 0 bridgehead atoms. The summed E-state index contributed by atoms with van der Waals surface area (Å²) in [4.78, 5) is 11.7. The zero-order chi connectivity index (χ0) is 11.0. The van der Waals surface area contributed by atoms with Gasteiger partial charge in [0.15, 0.2) is 5.78 Å². The number of hydrogen-bond acceptors (Lipinski definition) is 2. The highest BCUT2D eigenvalue weighted by molar-refractivity contribution is 6.21. The molecule has 1 heterocycles. The van der Waals surface area contributed by atoms with E-state index in [1.165, 1.54) is 0 Å². The van der Waals surface area contributed by atoms with Gasteiger partial charge in [-0.15, -0.1) is 0 Å². The third-order valence-corrected chi connectivity index (χ3v) is 2.95. The lowest BCUT2D eigenvalue weighted by molar-refractivity contribution is -0.114. The van der Waals surface area contributed by atoms with Crippen LogP contribution in [0.1, 0.15) is 25.0 Å². The Morgan fingerprint density at radius 3 is 2.88 bits per heavy atom. The molecule has 1 aliphatic carbocycles. The number of hydrogen-bond donors (Lipinski definition) is 0. The molecule has 1 aliphatic rings. The highest BCUT2D eigenvalue weighted by Gasteiger charge is 2.18. The number of ketones is 1. The molecular formula is C14H12O2. The van der Waals surface area contributed by atoms with Crippen LogP contribution in [-0.4, -0.2) is 5.78 Å². The first-order chi connectivity index (χ1) is 7.84. The number of fused-ring (bicyclic) bond motifs is 1. The van der Waals surface area contributed by atoms with Crippen LogP contribution in [-0.2, 0) is 4.79 Å². The number of para-hydroxylation sites is 1. The van der Waals surface area contributed by atoms with Gasteiger partial charge >= 0.3 is 0 Å². The van der Waals surface area contributed by atoms with Crippen molar-refractivity contribution in [2.24, 2.45) is 0 Å². The van der Waals surface area contributed by atoms with Gasteiger partial charge in [-0.3, -0.25) is 4.79 Å². The van der Waals surface area contributed by atoms with E-state index in [-0.39, 0.29) is 5.78 Å². The Morgan fingerprint density at radius 1 is 1.19 bits per heavy atom. The van der Waals surface area contributed by atoms with E-state index < -0.39 is 0 Å². The topological polar surface area (TPSA) is 30.2 Å². The van der Waals surface area contributed by atoms with Crippen LogP contribution >= 0.6 is 0 Å². The number of rotatable bonds is 1. The van der Waals surface area contributed by atoms with Gasteiger partial charge in [0.2, 0.25) is 0 Å². The van der Waals surface area contributed by atoms with Crippen molar-refractivity contribution in [1.29, 1.82) is 0 Å². The lowest BCUT2D eigenvalue weighted by Crippen LogP contribution is -2.04. The van der Waals surface area contributed by atoms with Crippen molar-refractivity contribution in [3.05, 3.63) is 42.2 Å². The van der Waals surface area contributed by atoms with Crippen molar-refractivity contribution in [2.45, 2.75) is 19.3 Å². The van der Waals surface area contributed by atoms with Crippen molar-refractivity contribution in [1.82, 2.24) is 0 Å². The molecule has 80 valence electrons. The zero-order valence-electron chi connectivity index (χ0n) is 8.90. The molecule has 0 spiro atoms. The maximum absolute atomic E-state index is 11.7. The molecule has 0 aliphatic heterocycles. The quantitative estimate of drug-likeness (QED) is 0.723. The third-order valence-electron chi connectivity index (χ3n) is 2.95. The Labute approximate surface area is 93.6 Å². The molecular weight excluding hydrogens is 200 g/mol. The molecule has 16 heavy (non-hydrogen) atoms. The van der Waals surface area contributed by atoms with Crippen molar-refractivity contribution >= 4 is 22.3 Å². The van der Waals surface area contributed by atoms with Gasteiger partial charge in [0.05, 0.1) is 5.57 Å². The fraction of sp³-hybridized carbons (Fsp3) is 0.214. The lowest BCUT2D eigenvalue weighted by Gasteiger charge is -2.08. The van der Waals surface area contributed by atoms with Gasteiger partial charge in [-0.05, 0) is 25.0 Å². The fourth-order valence-corrected chi connectivity index (χ4v) is 2.11. The summed E-state index contributed by atoms with van der Waals surface area (Å²) in [6, 6.07) is 9.78. The normalized spacial score (nSPS) is 16.5. The molecule has 3 rings (SSSR count). The second-order valence-electron chi connectivity index (χ2n) is 4.08. The lowest BCUT2D eigenvalue weighted by atomic mass is 9.96. The first kappa shape index (κ1) is 9.40. The third kappa shape index (κ3) is 1.47. The molecule has 0 amide bonds. The Morgan fingerprint density at radius 2 is 2.06 bits per heavy atom. The Hall–Kier alpha value is -1.83. The maximum Gasteiger partial charge on any atom is 0.166 e. The summed E-state index contributed by atoms with van der Waals surface area (Å²) in [5.41, 5.74) is 1.60. The van der Waals surface area contributed by atoms with Crippen LogP contribution in [0.5, 0.6) is 0 Å². The van der Waals surface area contributed by atoms with Gasteiger partial charge in [-0.2, -0.15) is 0 Å². The molecule has 0 unspecified atom stereocenters. The van der Waals surface area contributed by atoms with Crippen LogP contribution in [0.3, 0.4) is 0 Å². The van der Waals surface area contributed by atoms with Crippen molar-refractivity contribution in [2.75, 3.05) is 0 Å². The molecule has 2 nitrogen and oxygen atoms in total. The van der Waals surface area contributed by atoms with E-state index in [1.807, 2.05) is 36.4 Å². The average molecular weight is 212 g/mol. The highest BCUT2D eigenvalue weighted by Crippen LogP contribution is 2.28. The summed E-state index contributed by atoms with van der Waals surface area (Å²) >= 11 is 0. The van der Waals surface area contributed by atoms with Crippen molar-refractivity contribution in [3.63, 3.8) is 0 Å². The number of carbonyl (C=O) groups excluding carboxylic acids is 1. The second-order valence-corrected chi connectivity index (χ2v) is 4.08. The Kier molecular flexibility index (Phi) is 2.13. The Bertz CT molecular complexity index is 542. The summed E-state index contributed by atoms with van der Waals surface area (Å²) in [5, 5.41) is 1.05. The van der Waals surface area contributed by atoms with Gasteiger partial charge in [-0.25, -0.2) is 0 Å². The highest BCUT2D eigenvalue weighted by atomic mass is 16.3. The molecule has 0 atom stereocenters. The van der Waals surface area contributed by atoms with Gasteiger partial charge in [-0.1, -0.05) is 24.3 Å². The summed E-state index contributed by atoms with van der Waals surface area (Å²) < 4.78 is 5.69. The van der Waals surface area contributed by atoms with Crippen LogP contribution in [0.2, 0.25) is 0 Å². The van der Waals surface area contributed by atoms with Crippen LogP contribution in [0, 0.1) is 0 Å². The molecule has 1 aromatic heterocycles. The number of allylic oxidation sites excluding steroid dienone is 2. The van der Waals surface area contributed by atoms with E-state index in [2.05, 4.69) is 0 Å². The van der Waals surface area contributed by atoms with Crippen LogP contribution in [0.4, 0.5) is 0 Å². The minimum Gasteiger partial charge on any atom is -0.456 e. The molecule has 0 radical (unpaired) electrons. The number of Topliss-reactive ketones (excluding diaryl/α,β-unsaturated/α-hetero) is 1. The van der Waals surface area contributed by atoms with E-state index in [0.717, 1.165) is 29.4 Å². The SMILES string of the molecule is O=C1CCCC=C1c1cc2ccccc2o1. The average Bonchev–Trinajstić information content (AvgIpc) is 2.73. The summed E-state index contributed by atoms with van der Waals surface area (Å²) in [6.07, 6.45) is 4.56. The fourth-order valence-electron chi connectivity index (χ4n) is 2.11. The largest absolute Gasteiger partial charge is 0.456 e. The predicted molar refractivity (Wildman–Crippen MR) is 63.0 cm³/mol. The van der Waals surface area contributed by atoms with Crippen molar-refractivity contribution in [3.8, 4) is 0 Å². The standard InChI is InChI=1S/C14H12O2/c15-12-7-3-2-6-11(12)14-9-10-5-1-4-8-13(10)16-14/h1,4-6,8-9H,2-3,7H2. The first-order valence-corrected chi connectivity index (χ1v) is 5.57. The van der Waals surface area contributed by atoms with Crippen LogP contribution in [0.25, 0.3) is 16.5 Å². The van der Waals surface area contributed by atoms with Crippen LogP contribution in [0.15, 0.2) is 40.8 Å². The second kappa shape index (κ2) is 3.63. The maximum atomic E-state index is 11.7. The number of carbonyl (C=O) groups is 1. The minimum absolute atomic E-state index is 0.199. The molecule has 2 aromatic rings. The van der Waals surface area contributed by atoms with Gasteiger partial charge < -0.3 is 4.42 Å². The summed E-state index contributed by atoms with van der Waals surface area (Å²) in [7, 11) is 0. The molecule has 0 saturated heterocycles.